The van der Waals surface area contributed by atoms with Crippen molar-refractivity contribution in [3.8, 4) is 11.6 Å². The summed E-state index contributed by atoms with van der Waals surface area (Å²) in [4.78, 5) is 51.7. The molecular weight excluding hydrogens is 576 g/mol. The zero-order valence-electron chi connectivity index (χ0n) is 26.8. The van der Waals surface area contributed by atoms with Crippen molar-refractivity contribution >= 4 is 35.1 Å². The average Bonchev–Trinajstić information content (AvgIpc) is 3.51. The van der Waals surface area contributed by atoms with Gasteiger partial charge in [-0.25, -0.2) is 19.6 Å². The Morgan fingerprint density at radius 3 is 2.56 bits per heavy atom. The van der Waals surface area contributed by atoms with Gasteiger partial charge in [0.05, 0.1) is 31.8 Å². The second-order valence-electron chi connectivity index (χ2n) is 13.9. The number of nitrogens with zero attached hydrogens (tertiary/aromatic N) is 3. The van der Waals surface area contributed by atoms with Gasteiger partial charge in [-0.2, -0.15) is 0 Å². The molecule has 2 bridgehead atoms. The number of carbonyl (C=O) groups is 3. The largest absolute Gasteiger partial charge is 0.497 e. The van der Waals surface area contributed by atoms with Crippen LogP contribution >= 0.6 is 0 Å². The Bertz CT molecular complexity index is 1490. The Kier molecular flexibility index (Phi) is 8.63. The number of benzene rings is 1. The number of hydrogen-bond acceptors (Lipinski definition) is 9. The summed E-state index contributed by atoms with van der Waals surface area (Å²) in [7, 11) is 2.89. The van der Waals surface area contributed by atoms with E-state index in [1.807, 2.05) is 39.0 Å². The third-order valence-electron chi connectivity index (χ3n) is 9.97. The van der Waals surface area contributed by atoms with Crippen LogP contribution in [0.2, 0.25) is 0 Å². The first-order valence-corrected chi connectivity index (χ1v) is 16.1. The van der Waals surface area contributed by atoms with E-state index in [2.05, 4.69) is 11.4 Å². The van der Waals surface area contributed by atoms with Crippen LogP contribution in [0.25, 0.3) is 17.1 Å². The molecule has 0 radical (unpaired) electrons. The number of esters is 1. The number of methoxy groups -OCH3 is 2. The van der Waals surface area contributed by atoms with Gasteiger partial charge in [-0.3, -0.25) is 4.79 Å². The predicted molar refractivity (Wildman–Crippen MR) is 166 cm³/mol. The summed E-state index contributed by atoms with van der Waals surface area (Å²) in [6.07, 6.45) is 8.91. The van der Waals surface area contributed by atoms with Gasteiger partial charge in [-0.1, -0.05) is 26.8 Å². The van der Waals surface area contributed by atoms with Crippen LogP contribution in [-0.4, -0.2) is 77.9 Å². The first-order valence-electron chi connectivity index (χ1n) is 16.1. The van der Waals surface area contributed by atoms with E-state index >= 15 is 0 Å². The topological polar surface area (TPSA) is 129 Å². The fraction of sp³-hybridized carbons (Fsp3) is 0.618. The lowest BCUT2D eigenvalue weighted by Gasteiger charge is -2.36. The highest BCUT2D eigenvalue weighted by molar-refractivity contribution is 5.91. The third kappa shape index (κ3) is 6.31. The SMILES string of the molecule is COC(=O)C1CC2CN1C(=O)C(C(C)(C)C)NC(=O)OC1C(CCCC=Cc3nc4ccc(OC)cc4nc3O2)CC2CCC21. The Balaban J connectivity index is 1.37. The maximum Gasteiger partial charge on any atom is 0.408 e. The van der Waals surface area contributed by atoms with Crippen LogP contribution in [0, 0.1) is 23.2 Å². The number of allylic oxidation sites excluding steroid dienone is 1. The van der Waals surface area contributed by atoms with E-state index in [9.17, 15) is 14.4 Å². The maximum absolute atomic E-state index is 14.2. The monoisotopic (exact) mass is 620 g/mol. The summed E-state index contributed by atoms with van der Waals surface area (Å²) in [6, 6.07) is 3.68. The van der Waals surface area contributed by atoms with E-state index < -0.39 is 35.7 Å². The molecule has 11 nitrogen and oxygen atoms in total. The average molecular weight is 621 g/mol. The lowest BCUT2D eigenvalue weighted by atomic mass is 9.75. The Morgan fingerprint density at radius 2 is 1.84 bits per heavy atom. The number of carbonyl (C=O) groups excluding carboxylic acids is 3. The molecule has 2 amide bonds. The summed E-state index contributed by atoms with van der Waals surface area (Å²) in [5, 5.41) is 2.90. The van der Waals surface area contributed by atoms with E-state index in [4.69, 9.17) is 28.9 Å². The number of fused-ring (bicyclic) bond motifs is 7. The molecule has 1 saturated heterocycles. The van der Waals surface area contributed by atoms with Crippen molar-refractivity contribution in [1.29, 1.82) is 0 Å². The van der Waals surface area contributed by atoms with E-state index in [0.717, 1.165) is 32.1 Å². The molecule has 11 heteroatoms. The number of amides is 2. The number of hydrogen-bond donors (Lipinski definition) is 1. The van der Waals surface area contributed by atoms with Gasteiger partial charge in [0.1, 0.15) is 35.7 Å². The fourth-order valence-electron chi connectivity index (χ4n) is 7.44. The lowest BCUT2D eigenvalue weighted by Crippen LogP contribution is -2.57. The standard InChI is InChI=1S/C34H44N4O7/c1-34(2,3)29-31(39)38-18-22(17-27(38)32(40)43-5)44-30-25(35-24-14-12-21(42-4)16-26(24)36-30)10-8-6-7-9-20-15-19-11-13-23(19)28(20)45-33(41)37-29/h8,10,12,14,16,19-20,22-23,27-29H,6-7,9,11,13,15,17-18H2,1-5H3,(H,37,41). The molecule has 7 atom stereocenters. The van der Waals surface area contributed by atoms with Gasteiger partial charge in [-0.15, -0.1) is 0 Å². The molecule has 2 saturated carbocycles. The first-order chi connectivity index (χ1) is 21.5. The van der Waals surface area contributed by atoms with E-state index in [0.29, 0.717) is 40.2 Å². The van der Waals surface area contributed by atoms with Gasteiger partial charge in [0, 0.05) is 12.5 Å². The van der Waals surface area contributed by atoms with Crippen LogP contribution in [0.1, 0.15) is 71.4 Å². The summed E-state index contributed by atoms with van der Waals surface area (Å²) < 4.78 is 23.1. The zero-order chi connectivity index (χ0) is 31.9. The Hall–Kier alpha value is -3.89. The van der Waals surface area contributed by atoms with Crippen molar-refractivity contribution in [3.63, 3.8) is 0 Å². The quantitative estimate of drug-likeness (QED) is 0.466. The van der Waals surface area contributed by atoms with Crippen molar-refractivity contribution < 1.29 is 33.3 Å². The number of alkyl carbamates (subject to hydrolysis) is 1. The summed E-state index contributed by atoms with van der Waals surface area (Å²) in [5.41, 5.74) is 1.22. The highest BCUT2D eigenvalue weighted by Crippen LogP contribution is 2.52. The second kappa shape index (κ2) is 12.5. The van der Waals surface area contributed by atoms with Crippen LogP contribution in [0.4, 0.5) is 4.79 Å². The van der Waals surface area contributed by atoms with Crippen LogP contribution in [-0.2, 0) is 19.1 Å². The van der Waals surface area contributed by atoms with Crippen LogP contribution in [0.5, 0.6) is 11.6 Å². The number of nitrogens with one attached hydrogen (secondary N) is 1. The van der Waals surface area contributed by atoms with Gasteiger partial charge in [0.15, 0.2) is 0 Å². The number of rotatable bonds is 2. The van der Waals surface area contributed by atoms with Gasteiger partial charge < -0.3 is 29.2 Å². The molecule has 4 aliphatic rings. The van der Waals surface area contributed by atoms with Crippen LogP contribution in [0.15, 0.2) is 24.3 Å². The minimum Gasteiger partial charge on any atom is -0.497 e. The third-order valence-corrected chi connectivity index (χ3v) is 9.97. The highest BCUT2D eigenvalue weighted by atomic mass is 16.6. The normalized spacial score (nSPS) is 30.4. The predicted octanol–water partition coefficient (Wildman–Crippen LogP) is 4.91. The Morgan fingerprint density at radius 1 is 1.02 bits per heavy atom. The van der Waals surface area contributed by atoms with E-state index in [1.165, 1.54) is 18.4 Å². The van der Waals surface area contributed by atoms with Crippen molar-refractivity contribution in [3.05, 3.63) is 30.0 Å². The molecule has 1 aromatic carbocycles. The minimum atomic E-state index is -0.932. The zero-order valence-corrected chi connectivity index (χ0v) is 26.8. The van der Waals surface area contributed by atoms with E-state index in [1.54, 1.807) is 13.2 Å². The molecule has 3 fully saturated rings. The second-order valence-corrected chi connectivity index (χ2v) is 13.9. The van der Waals surface area contributed by atoms with Gasteiger partial charge >= 0.3 is 12.1 Å². The molecule has 1 N–H and O–H groups in total. The lowest BCUT2D eigenvalue weighted by molar-refractivity contribution is -0.152. The highest BCUT2D eigenvalue weighted by Gasteiger charge is 2.51. The summed E-state index contributed by atoms with van der Waals surface area (Å²) in [6.45, 7) is 5.77. The molecule has 6 rings (SSSR count). The first kappa shape index (κ1) is 31.1. The Labute approximate surface area is 264 Å². The molecule has 242 valence electrons. The molecular formula is C34H44N4O7. The molecule has 3 heterocycles. The van der Waals surface area contributed by atoms with Crippen molar-refractivity contribution in [2.24, 2.45) is 23.2 Å². The number of aromatic nitrogens is 2. The van der Waals surface area contributed by atoms with Crippen molar-refractivity contribution in [2.75, 3.05) is 20.8 Å². The molecule has 7 unspecified atom stereocenters. The smallest absolute Gasteiger partial charge is 0.408 e. The van der Waals surface area contributed by atoms with Crippen LogP contribution < -0.4 is 14.8 Å². The van der Waals surface area contributed by atoms with Gasteiger partial charge in [0.2, 0.25) is 11.8 Å². The minimum absolute atomic E-state index is 0.108. The molecule has 2 aliphatic heterocycles. The van der Waals surface area contributed by atoms with Gasteiger partial charge in [0.25, 0.3) is 0 Å². The number of ether oxygens (including phenoxy) is 4. The van der Waals surface area contributed by atoms with Crippen molar-refractivity contribution in [1.82, 2.24) is 20.2 Å². The molecule has 2 aromatic rings. The van der Waals surface area contributed by atoms with Crippen LogP contribution in [0.3, 0.4) is 0 Å². The molecule has 0 spiro atoms. The van der Waals surface area contributed by atoms with Gasteiger partial charge in [-0.05, 0) is 79.9 Å². The molecule has 1 aromatic heterocycles. The van der Waals surface area contributed by atoms with E-state index in [-0.39, 0.29) is 30.9 Å². The summed E-state index contributed by atoms with van der Waals surface area (Å²) in [5.74, 6) is 1.27. The maximum atomic E-state index is 14.2. The molecule has 45 heavy (non-hydrogen) atoms. The van der Waals surface area contributed by atoms with Crippen molar-refractivity contribution in [2.45, 2.75) is 90.0 Å². The summed E-state index contributed by atoms with van der Waals surface area (Å²) >= 11 is 0. The molecule has 2 aliphatic carbocycles. The fourth-order valence-corrected chi connectivity index (χ4v) is 7.44.